The number of hydrogen-bond donors (Lipinski definition) is 0. The Bertz CT molecular complexity index is 756. The highest BCUT2D eigenvalue weighted by Gasteiger charge is 2.56. The van der Waals surface area contributed by atoms with Crippen molar-refractivity contribution < 1.29 is 9.53 Å². The van der Waals surface area contributed by atoms with Gasteiger partial charge in [-0.3, -0.25) is 4.79 Å². The minimum atomic E-state index is -0.111. The van der Waals surface area contributed by atoms with Gasteiger partial charge < -0.3 is 9.64 Å². The molecule has 2 aliphatic rings. The molecule has 1 unspecified atom stereocenters. The number of ether oxygens (including phenoxy) is 1. The van der Waals surface area contributed by atoms with Crippen molar-refractivity contribution in [2.45, 2.75) is 6.42 Å². The number of thiophene rings is 1. The van der Waals surface area contributed by atoms with E-state index >= 15 is 0 Å². The summed E-state index contributed by atoms with van der Waals surface area (Å²) in [6, 6.07) is 0. The SMILES string of the molecule is COC(=O)CC1[C@H]2CN(c3nc(Cl)nc4c(Br)csc34)C[C@@H]12. The molecule has 1 saturated heterocycles. The predicted octanol–water partition coefficient (Wildman–Crippen LogP) is 3.35. The van der Waals surface area contributed by atoms with Crippen LogP contribution in [0.4, 0.5) is 5.82 Å². The van der Waals surface area contributed by atoms with E-state index in [2.05, 4.69) is 30.8 Å². The van der Waals surface area contributed by atoms with E-state index in [9.17, 15) is 4.79 Å². The van der Waals surface area contributed by atoms with Crippen molar-refractivity contribution in [1.82, 2.24) is 9.97 Å². The largest absolute Gasteiger partial charge is 0.469 e. The second-order valence-electron chi connectivity index (χ2n) is 5.75. The first-order valence-corrected chi connectivity index (χ1v) is 9.05. The maximum absolute atomic E-state index is 11.4. The number of aromatic nitrogens is 2. The standard InChI is InChI=1S/C14H13BrClN3O2S/c1-21-10(20)2-6-7-3-19(4-8(6)7)13-12-11(9(15)5-22-12)17-14(16)18-13/h5-8H,2-4H2,1H3/t6?,7-,8+. The number of rotatable bonds is 3. The number of anilines is 1. The average Bonchev–Trinajstić information content (AvgIpc) is 2.87. The van der Waals surface area contributed by atoms with Gasteiger partial charge in [0.2, 0.25) is 5.28 Å². The van der Waals surface area contributed by atoms with Crippen molar-refractivity contribution >= 4 is 60.9 Å². The third-order valence-corrected chi connectivity index (χ3v) is 6.67. The summed E-state index contributed by atoms with van der Waals surface area (Å²) in [5, 5.41) is 2.28. The number of nitrogens with zero attached hydrogens (tertiary/aromatic N) is 3. The Morgan fingerprint density at radius 1 is 1.50 bits per heavy atom. The molecule has 2 fully saturated rings. The first-order valence-electron chi connectivity index (χ1n) is 7.00. The van der Waals surface area contributed by atoms with Crippen molar-refractivity contribution in [3.63, 3.8) is 0 Å². The van der Waals surface area contributed by atoms with Crippen LogP contribution in [0.1, 0.15) is 6.42 Å². The molecule has 2 aromatic rings. The summed E-state index contributed by atoms with van der Waals surface area (Å²) in [5.41, 5.74) is 0.867. The van der Waals surface area contributed by atoms with Crippen molar-refractivity contribution in [1.29, 1.82) is 0 Å². The monoisotopic (exact) mass is 401 g/mol. The van der Waals surface area contributed by atoms with Gasteiger partial charge in [0.25, 0.3) is 0 Å². The second kappa shape index (κ2) is 5.32. The molecule has 0 radical (unpaired) electrons. The Morgan fingerprint density at radius 2 is 2.23 bits per heavy atom. The van der Waals surface area contributed by atoms with Crippen LogP contribution in [0.5, 0.6) is 0 Å². The number of esters is 1. The highest BCUT2D eigenvalue weighted by atomic mass is 79.9. The van der Waals surface area contributed by atoms with Crippen LogP contribution in [-0.4, -0.2) is 36.1 Å². The van der Waals surface area contributed by atoms with Crippen molar-refractivity contribution in [2.75, 3.05) is 25.1 Å². The van der Waals surface area contributed by atoms with E-state index in [-0.39, 0.29) is 11.3 Å². The molecule has 3 heterocycles. The number of carbonyl (C=O) groups excluding carboxylic acids is 1. The first kappa shape index (κ1) is 14.7. The van der Waals surface area contributed by atoms with Crippen molar-refractivity contribution in [2.24, 2.45) is 17.8 Å². The molecule has 1 saturated carbocycles. The summed E-state index contributed by atoms with van der Waals surface area (Å²) in [4.78, 5) is 22.4. The fourth-order valence-electron chi connectivity index (χ4n) is 3.46. The number of hydrogen-bond acceptors (Lipinski definition) is 6. The summed E-state index contributed by atoms with van der Waals surface area (Å²) in [6.45, 7) is 1.84. The van der Waals surface area contributed by atoms with Gasteiger partial charge in [-0.05, 0) is 45.3 Å². The van der Waals surface area contributed by atoms with Crippen LogP contribution >= 0.6 is 38.9 Å². The molecule has 2 aromatic heterocycles. The fraction of sp³-hybridized carbons (Fsp3) is 0.500. The summed E-state index contributed by atoms with van der Waals surface area (Å²) < 4.78 is 6.77. The van der Waals surface area contributed by atoms with Gasteiger partial charge in [0.05, 0.1) is 16.3 Å². The van der Waals surface area contributed by atoms with Crippen LogP contribution in [0.15, 0.2) is 9.85 Å². The van der Waals surface area contributed by atoms with E-state index in [1.165, 1.54) is 7.11 Å². The van der Waals surface area contributed by atoms with E-state index in [0.29, 0.717) is 24.2 Å². The third kappa shape index (κ3) is 2.30. The fourth-order valence-corrected chi connectivity index (χ4v) is 5.21. The molecule has 0 spiro atoms. The molecule has 1 aliphatic carbocycles. The third-order valence-electron chi connectivity index (χ3n) is 4.63. The van der Waals surface area contributed by atoms with Crippen LogP contribution < -0.4 is 4.90 Å². The lowest BCUT2D eigenvalue weighted by atomic mass is 10.2. The maximum atomic E-state index is 11.4. The number of methoxy groups -OCH3 is 1. The van der Waals surface area contributed by atoms with Crippen LogP contribution in [-0.2, 0) is 9.53 Å². The molecule has 1 aliphatic heterocycles. The minimum Gasteiger partial charge on any atom is -0.469 e. The van der Waals surface area contributed by atoms with Crippen LogP contribution in [0.25, 0.3) is 10.2 Å². The Kier molecular flexibility index (Phi) is 3.54. The highest BCUT2D eigenvalue weighted by molar-refractivity contribution is 9.10. The van der Waals surface area contributed by atoms with Gasteiger partial charge in [-0.2, -0.15) is 4.98 Å². The zero-order valence-electron chi connectivity index (χ0n) is 11.8. The summed E-state index contributed by atoms with van der Waals surface area (Å²) in [5.74, 6) is 2.39. The summed E-state index contributed by atoms with van der Waals surface area (Å²) in [6.07, 6.45) is 0.532. The Labute approximate surface area is 144 Å². The van der Waals surface area contributed by atoms with Gasteiger partial charge in [0.15, 0.2) is 5.82 Å². The zero-order chi connectivity index (χ0) is 15.4. The molecular formula is C14H13BrClN3O2S. The Morgan fingerprint density at radius 3 is 2.91 bits per heavy atom. The molecule has 116 valence electrons. The van der Waals surface area contributed by atoms with Gasteiger partial charge in [0.1, 0.15) is 5.52 Å². The quantitative estimate of drug-likeness (QED) is 0.582. The van der Waals surface area contributed by atoms with Gasteiger partial charge >= 0.3 is 5.97 Å². The molecule has 3 atom stereocenters. The molecule has 0 bridgehead atoms. The van der Waals surface area contributed by atoms with E-state index < -0.39 is 0 Å². The molecular weight excluding hydrogens is 390 g/mol. The molecule has 0 N–H and O–H groups in total. The van der Waals surface area contributed by atoms with E-state index in [1.54, 1.807) is 11.3 Å². The molecule has 0 amide bonds. The van der Waals surface area contributed by atoms with Crippen LogP contribution in [0.2, 0.25) is 5.28 Å². The lowest BCUT2D eigenvalue weighted by Gasteiger charge is -2.21. The Balaban J connectivity index is 1.55. The van der Waals surface area contributed by atoms with Crippen LogP contribution in [0, 0.1) is 17.8 Å². The van der Waals surface area contributed by atoms with Gasteiger partial charge in [-0.25, -0.2) is 4.98 Å². The average molecular weight is 403 g/mol. The number of halogens is 2. The van der Waals surface area contributed by atoms with E-state index in [0.717, 1.165) is 33.6 Å². The lowest BCUT2D eigenvalue weighted by Crippen LogP contribution is -2.25. The van der Waals surface area contributed by atoms with Crippen molar-refractivity contribution in [3.05, 3.63) is 15.1 Å². The summed E-state index contributed by atoms with van der Waals surface area (Å²) >= 11 is 11.2. The van der Waals surface area contributed by atoms with Crippen molar-refractivity contribution in [3.8, 4) is 0 Å². The topological polar surface area (TPSA) is 55.3 Å². The molecule has 5 nitrogen and oxygen atoms in total. The highest BCUT2D eigenvalue weighted by Crippen LogP contribution is 2.55. The second-order valence-corrected chi connectivity index (χ2v) is 7.83. The molecule has 4 rings (SSSR count). The van der Waals surface area contributed by atoms with E-state index in [4.69, 9.17) is 16.3 Å². The van der Waals surface area contributed by atoms with Gasteiger partial charge in [0, 0.05) is 24.9 Å². The number of fused-ring (bicyclic) bond motifs is 2. The summed E-state index contributed by atoms with van der Waals surface area (Å²) in [7, 11) is 1.45. The van der Waals surface area contributed by atoms with E-state index in [1.807, 2.05) is 5.38 Å². The lowest BCUT2D eigenvalue weighted by molar-refractivity contribution is -0.141. The predicted molar refractivity (Wildman–Crippen MR) is 89.4 cm³/mol. The molecule has 22 heavy (non-hydrogen) atoms. The number of carbonyl (C=O) groups is 1. The van der Waals surface area contributed by atoms with Gasteiger partial charge in [-0.15, -0.1) is 11.3 Å². The first-order chi connectivity index (χ1) is 10.6. The minimum absolute atomic E-state index is 0.111. The number of piperidine rings is 1. The molecule has 8 heteroatoms. The zero-order valence-corrected chi connectivity index (χ0v) is 14.9. The maximum Gasteiger partial charge on any atom is 0.305 e. The Hall–Kier alpha value is -0.920. The van der Waals surface area contributed by atoms with Crippen LogP contribution in [0.3, 0.4) is 0 Å². The van der Waals surface area contributed by atoms with Gasteiger partial charge in [-0.1, -0.05) is 0 Å². The smallest absolute Gasteiger partial charge is 0.305 e. The normalized spacial score (nSPS) is 26.3. The molecule has 0 aromatic carbocycles.